The molecule has 1 atom stereocenters. The van der Waals surface area contributed by atoms with Gasteiger partial charge in [0.05, 0.1) is 33.2 Å². The van der Waals surface area contributed by atoms with Crippen LogP contribution < -0.4 is 29.3 Å². The third-order valence-electron chi connectivity index (χ3n) is 15.6. The number of anilines is 6. The molecule has 0 saturated carbocycles. The van der Waals surface area contributed by atoms with E-state index in [0.29, 0.717) is 0 Å². The number of benzene rings is 5. The lowest BCUT2D eigenvalue weighted by Crippen LogP contribution is -2.77. The van der Waals surface area contributed by atoms with E-state index in [4.69, 9.17) is 0 Å². The fraction of sp³-hybridized carbons (Fsp3) is 0.245. The summed E-state index contributed by atoms with van der Waals surface area (Å²) < 4.78 is 8.36. The van der Waals surface area contributed by atoms with Crippen LogP contribution in [0.4, 0.5) is 34.3 Å². The quantitative estimate of drug-likeness (QED) is 0.128. The molecule has 3 aromatic heterocycles. The molecule has 6 aliphatic rings. The minimum atomic E-state index is -1.84. The fourth-order valence-corrected chi connectivity index (χ4v) is 15.0. The van der Waals surface area contributed by atoms with Crippen molar-refractivity contribution in [3.63, 3.8) is 0 Å². The van der Waals surface area contributed by atoms with E-state index in [2.05, 4.69) is 206 Å². The summed E-state index contributed by atoms with van der Waals surface area (Å²) in [5, 5.41) is 5.66. The Morgan fingerprint density at radius 2 is 1.02 bits per heavy atom. The van der Waals surface area contributed by atoms with E-state index in [1.807, 2.05) is 0 Å². The van der Waals surface area contributed by atoms with Crippen molar-refractivity contribution in [2.24, 2.45) is 0 Å². The molecule has 6 aliphatic heterocycles. The summed E-state index contributed by atoms with van der Waals surface area (Å²) in [6, 6.07) is 45.8. The Kier molecular flexibility index (Phi) is 5.60. The number of nitrogens with zero attached hydrogens (tertiary/aromatic N) is 5. The number of hydrogen-bond donors (Lipinski definition) is 0. The van der Waals surface area contributed by atoms with Crippen molar-refractivity contribution < 1.29 is 9.13 Å². The number of aromatic nitrogens is 3. The Labute approximate surface area is 353 Å². The van der Waals surface area contributed by atoms with Gasteiger partial charge in [0, 0.05) is 44.9 Å². The third kappa shape index (κ3) is 3.42. The van der Waals surface area contributed by atoms with E-state index < -0.39 is 21.8 Å². The summed E-state index contributed by atoms with van der Waals surface area (Å²) >= 11 is 0. The predicted molar refractivity (Wildman–Crippen MR) is 251 cm³/mol. The number of hydrogen-bond acceptors (Lipinski definition) is 2. The van der Waals surface area contributed by atoms with Crippen LogP contribution in [-0.2, 0) is 16.5 Å². The highest BCUT2D eigenvalue weighted by atomic mass is 28.3. The van der Waals surface area contributed by atoms with Gasteiger partial charge >= 0.3 is 5.66 Å². The highest BCUT2D eigenvalue weighted by molar-refractivity contribution is 6.89. The van der Waals surface area contributed by atoms with Crippen LogP contribution in [0.25, 0.3) is 39.0 Å². The fourth-order valence-electron chi connectivity index (χ4n) is 12.7. The van der Waals surface area contributed by atoms with Crippen molar-refractivity contribution in [1.82, 2.24) is 4.57 Å². The Morgan fingerprint density at radius 1 is 0.467 bits per heavy atom. The van der Waals surface area contributed by atoms with Crippen LogP contribution in [0.15, 0.2) is 115 Å². The number of fused-ring (bicyclic) bond motifs is 11. The van der Waals surface area contributed by atoms with Crippen LogP contribution in [-0.4, -0.2) is 20.7 Å². The monoisotopic (exact) mass is 811 g/mol. The van der Waals surface area contributed by atoms with Crippen molar-refractivity contribution in [1.29, 1.82) is 0 Å². The second-order valence-corrected chi connectivity index (χ2v) is 31.7. The third-order valence-corrected chi connectivity index (χ3v) is 19.7. The van der Waals surface area contributed by atoms with E-state index in [-0.39, 0.29) is 10.8 Å². The maximum absolute atomic E-state index is 2.84. The van der Waals surface area contributed by atoms with Gasteiger partial charge in [-0.15, -0.1) is 0 Å². The average molecular weight is 812 g/mol. The predicted octanol–water partition coefficient (Wildman–Crippen LogP) is 10.9. The van der Waals surface area contributed by atoms with E-state index in [1.54, 1.807) is 0 Å². The molecule has 7 heteroatoms. The summed E-state index contributed by atoms with van der Waals surface area (Å²) in [6.45, 7) is 25.0. The Balaban J connectivity index is 1.32. The highest BCUT2D eigenvalue weighted by Gasteiger charge is 2.72. The van der Waals surface area contributed by atoms with Gasteiger partial charge in [0.1, 0.15) is 22.3 Å². The average Bonchev–Trinajstić information content (AvgIpc) is 3.71. The van der Waals surface area contributed by atoms with Gasteiger partial charge in [-0.25, -0.2) is 0 Å². The lowest BCUT2D eigenvalue weighted by molar-refractivity contribution is -0.931. The van der Waals surface area contributed by atoms with Gasteiger partial charge in [0.15, 0.2) is 22.6 Å². The van der Waals surface area contributed by atoms with Gasteiger partial charge in [0.2, 0.25) is 0 Å². The van der Waals surface area contributed by atoms with E-state index >= 15 is 0 Å². The summed E-state index contributed by atoms with van der Waals surface area (Å²) in [7, 11) is -3.67. The molecule has 0 bridgehead atoms. The molecule has 0 N–H and O–H groups in total. The first-order chi connectivity index (χ1) is 28.6. The minimum absolute atomic E-state index is 0.227. The van der Waals surface area contributed by atoms with Gasteiger partial charge in [0.25, 0.3) is 11.6 Å². The maximum atomic E-state index is 2.84. The van der Waals surface area contributed by atoms with Crippen molar-refractivity contribution >= 4 is 82.6 Å². The lowest BCUT2D eigenvalue weighted by atomic mass is 9.66. The first-order valence-electron chi connectivity index (χ1n) is 21.9. The van der Waals surface area contributed by atoms with E-state index in [0.717, 1.165) is 0 Å². The number of rotatable bonds is 2. The van der Waals surface area contributed by atoms with Gasteiger partial charge in [-0.2, -0.15) is 18.6 Å². The van der Waals surface area contributed by atoms with Crippen molar-refractivity contribution in [3.8, 4) is 17.2 Å². The molecule has 0 fully saturated rings. The molecule has 8 aromatic rings. The van der Waals surface area contributed by atoms with Crippen LogP contribution in [0.2, 0.25) is 39.3 Å². The summed E-state index contributed by atoms with van der Waals surface area (Å²) in [5.41, 5.74) is 19.1. The summed E-state index contributed by atoms with van der Waals surface area (Å²) in [6.07, 6.45) is 0. The molecule has 0 radical (unpaired) electrons. The standard InChI is InChI=1S/C53H49N5Si2/c1-51(2)35-19-13-16-22-40(35)56-45-28-31(60(8,9)10)26-43-42-25-30(59(5,6)7)27-44-55-38-20-14-11-17-32(38)33-29-37-50-47(48(33)55)53(57(42)44,58(43)45)46-41(24-23-36(51)49(46)56)54(50)39-21-15-12-18-34(39)52(37,3)4/h11-29H,1-10H3/q+2. The van der Waals surface area contributed by atoms with Crippen LogP contribution in [0.5, 0.6) is 0 Å². The lowest BCUT2D eigenvalue weighted by Gasteiger charge is -2.52. The summed E-state index contributed by atoms with van der Waals surface area (Å²) in [5.74, 6) is 2.56. The molecule has 60 heavy (non-hydrogen) atoms. The highest BCUT2D eigenvalue weighted by Crippen LogP contribution is 2.68. The molecule has 0 aliphatic carbocycles. The zero-order valence-corrected chi connectivity index (χ0v) is 38.2. The largest absolute Gasteiger partial charge is 0.319 e. The normalized spacial score (nSPS) is 19.4. The van der Waals surface area contributed by atoms with Crippen LogP contribution in [0.1, 0.15) is 61.1 Å². The maximum Gasteiger partial charge on any atom is 0.319 e. The number of para-hydroxylation sites is 3. The minimum Gasteiger partial charge on any atom is -0.308 e. The van der Waals surface area contributed by atoms with Gasteiger partial charge in [-0.3, -0.25) is 0 Å². The molecule has 1 spiro atoms. The molecule has 1 unspecified atom stereocenters. The SMILES string of the molecule is CC1(C)c2ccccc2N2c3c1ccc1c3C34c5c6c(cc7c8ccccc8n(c57)-c5cc([Si](C)(C)C)cc([n+]53)-c3cc([Si](C)(C)C)cc2[n+]34)C(C)(C)c2ccccc2N16. The second kappa shape index (κ2) is 9.88. The van der Waals surface area contributed by atoms with Crippen molar-refractivity contribution in [3.05, 3.63) is 149 Å². The van der Waals surface area contributed by atoms with Gasteiger partial charge in [-0.05, 0) is 70.0 Å². The molecule has 5 nitrogen and oxygen atoms in total. The van der Waals surface area contributed by atoms with Gasteiger partial charge in [-0.1, -0.05) is 122 Å². The van der Waals surface area contributed by atoms with Crippen LogP contribution in [0, 0.1) is 0 Å². The first-order valence-corrected chi connectivity index (χ1v) is 28.9. The second-order valence-electron chi connectivity index (χ2n) is 21.5. The van der Waals surface area contributed by atoms with Gasteiger partial charge < -0.3 is 4.90 Å². The van der Waals surface area contributed by atoms with Crippen LogP contribution in [0.3, 0.4) is 0 Å². The molecule has 5 aromatic carbocycles. The van der Waals surface area contributed by atoms with E-state index in [9.17, 15) is 0 Å². The smallest absolute Gasteiger partial charge is 0.308 e. The Bertz CT molecular complexity index is 3430. The van der Waals surface area contributed by atoms with Crippen molar-refractivity contribution in [2.75, 3.05) is 9.80 Å². The molecule has 292 valence electrons. The molecular formula is C53H49N5Si2+2. The molecule has 0 amide bonds. The topological polar surface area (TPSA) is 19.2 Å². The molecular weight excluding hydrogens is 763 g/mol. The Morgan fingerprint density at radius 3 is 1.68 bits per heavy atom. The molecule has 0 saturated heterocycles. The van der Waals surface area contributed by atoms with Crippen molar-refractivity contribution in [2.45, 2.75) is 83.5 Å². The zero-order chi connectivity index (χ0) is 40.9. The Hall–Kier alpha value is -5.77. The zero-order valence-electron chi connectivity index (χ0n) is 36.2. The first kappa shape index (κ1) is 34.0. The molecule has 9 heterocycles. The van der Waals surface area contributed by atoms with E-state index in [1.165, 1.54) is 117 Å². The van der Waals surface area contributed by atoms with Crippen LogP contribution >= 0.6 is 0 Å². The number of pyridine rings is 2. The summed E-state index contributed by atoms with van der Waals surface area (Å²) in [4.78, 5) is 5.40. The molecule has 14 rings (SSSR count).